The van der Waals surface area contributed by atoms with Gasteiger partial charge in [0.2, 0.25) is 0 Å². The minimum atomic E-state index is 0.491. The van der Waals surface area contributed by atoms with E-state index >= 15 is 0 Å². The number of hydrogen-bond acceptors (Lipinski definition) is 6. The summed E-state index contributed by atoms with van der Waals surface area (Å²) in [6, 6.07) is 4.92. The number of nitrogens with one attached hydrogen (secondary N) is 2. The quantitative estimate of drug-likeness (QED) is 0.531. The summed E-state index contributed by atoms with van der Waals surface area (Å²) < 4.78 is 0. The molecule has 8 heteroatoms. The molecule has 3 heterocycles. The van der Waals surface area contributed by atoms with Gasteiger partial charge in [-0.25, -0.2) is 9.98 Å². The first-order chi connectivity index (χ1) is 13.6. The number of nitrogens with zero attached hydrogens (tertiary/aromatic N) is 4. The van der Waals surface area contributed by atoms with Gasteiger partial charge in [0.05, 0.1) is 12.2 Å². The summed E-state index contributed by atoms with van der Waals surface area (Å²) in [6.07, 6.45) is 2.50. The van der Waals surface area contributed by atoms with Crippen LogP contribution in [0.25, 0.3) is 0 Å². The van der Waals surface area contributed by atoms with E-state index in [1.807, 2.05) is 30.3 Å². The van der Waals surface area contributed by atoms with E-state index in [1.165, 1.54) is 24.3 Å². The minimum absolute atomic E-state index is 0.491. The second-order valence-electron chi connectivity index (χ2n) is 7.44. The number of guanidine groups is 1. The Bertz CT molecular complexity index is 740. The number of thiazole rings is 1. The molecule has 0 spiro atoms. The highest BCUT2D eigenvalue weighted by molar-refractivity contribution is 7.13. The molecule has 3 rings (SSSR count). The second-order valence-corrected chi connectivity index (χ2v) is 9.25. The van der Waals surface area contributed by atoms with Crippen LogP contribution in [0.4, 0.5) is 5.13 Å². The van der Waals surface area contributed by atoms with Crippen LogP contribution >= 0.6 is 22.7 Å². The largest absolute Gasteiger partial charge is 0.357 e. The first kappa shape index (κ1) is 21.1. The van der Waals surface area contributed by atoms with Crippen LogP contribution in [0.3, 0.4) is 0 Å². The highest BCUT2D eigenvalue weighted by Crippen LogP contribution is 2.36. The number of rotatable bonds is 7. The average molecular weight is 421 g/mol. The van der Waals surface area contributed by atoms with Gasteiger partial charge >= 0.3 is 0 Å². The molecule has 1 saturated heterocycles. The number of piperidine rings is 1. The van der Waals surface area contributed by atoms with Gasteiger partial charge < -0.3 is 15.5 Å². The lowest BCUT2D eigenvalue weighted by molar-refractivity contribution is 0.125. The van der Waals surface area contributed by atoms with Gasteiger partial charge in [0.15, 0.2) is 11.1 Å². The Morgan fingerprint density at radius 3 is 2.89 bits per heavy atom. The first-order valence-electron chi connectivity index (χ1n) is 9.96. The number of likely N-dealkylation sites (tertiary alicyclic amines) is 1. The molecule has 2 N–H and O–H groups in total. The Labute approximate surface area is 176 Å². The normalized spacial score (nSPS) is 20.9. The fourth-order valence-corrected chi connectivity index (χ4v) is 5.42. The molecule has 2 aromatic rings. The molecule has 0 saturated carbocycles. The van der Waals surface area contributed by atoms with Crippen molar-refractivity contribution >= 4 is 33.8 Å². The number of thiophene rings is 1. The van der Waals surface area contributed by atoms with Gasteiger partial charge in [-0.05, 0) is 50.7 Å². The molecule has 6 nitrogen and oxygen atoms in total. The predicted octanol–water partition coefficient (Wildman–Crippen LogP) is 3.41. The van der Waals surface area contributed by atoms with Gasteiger partial charge in [-0.1, -0.05) is 6.07 Å². The zero-order chi connectivity index (χ0) is 19.9. The standard InChI is InChI=1S/C20H32N6S2/c1-5-21-19(23-13-16-14-28-20(24-16)25(2)3)22-12-15-8-6-10-26(4)18(15)17-9-7-11-27-17/h7,9,11,14-15,18H,5-6,8,10,12-13H2,1-4H3,(H2,21,22,23). The Hall–Kier alpha value is -1.64. The maximum atomic E-state index is 4.76. The van der Waals surface area contributed by atoms with Crippen LogP contribution in [0.2, 0.25) is 0 Å². The van der Waals surface area contributed by atoms with Crippen LogP contribution in [-0.2, 0) is 6.54 Å². The summed E-state index contributed by atoms with van der Waals surface area (Å²) in [5.41, 5.74) is 1.01. The lowest BCUT2D eigenvalue weighted by Gasteiger charge is -2.39. The Morgan fingerprint density at radius 2 is 2.21 bits per heavy atom. The van der Waals surface area contributed by atoms with Crippen LogP contribution < -0.4 is 15.5 Å². The smallest absolute Gasteiger partial charge is 0.191 e. The third-order valence-corrected chi connectivity index (χ3v) is 7.04. The van der Waals surface area contributed by atoms with Crippen molar-refractivity contribution < 1.29 is 0 Å². The summed E-state index contributed by atoms with van der Waals surface area (Å²) >= 11 is 3.53. The van der Waals surface area contributed by atoms with Crippen molar-refractivity contribution in [1.29, 1.82) is 0 Å². The zero-order valence-corrected chi connectivity index (χ0v) is 18.9. The molecule has 0 aliphatic carbocycles. The highest BCUT2D eigenvalue weighted by atomic mass is 32.1. The summed E-state index contributed by atoms with van der Waals surface area (Å²) in [7, 11) is 6.28. The van der Waals surface area contributed by atoms with Gasteiger partial charge in [0.25, 0.3) is 0 Å². The molecule has 1 aliphatic heterocycles. The number of aliphatic imine (C=N–C) groups is 1. The van der Waals surface area contributed by atoms with E-state index < -0.39 is 0 Å². The first-order valence-corrected chi connectivity index (χ1v) is 11.7. The van der Waals surface area contributed by atoms with Crippen LogP contribution in [0.15, 0.2) is 27.9 Å². The van der Waals surface area contributed by atoms with Crippen LogP contribution in [0.5, 0.6) is 0 Å². The van der Waals surface area contributed by atoms with E-state index in [-0.39, 0.29) is 0 Å². The minimum Gasteiger partial charge on any atom is -0.357 e. The zero-order valence-electron chi connectivity index (χ0n) is 17.3. The molecule has 1 fully saturated rings. The monoisotopic (exact) mass is 420 g/mol. The summed E-state index contributed by atoms with van der Waals surface area (Å²) in [5.74, 6) is 1.46. The lowest BCUT2D eigenvalue weighted by Crippen LogP contribution is -2.44. The van der Waals surface area contributed by atoms with Crippen LogP contribution in [-0.4, -0.2) is 56.6 Å². The summed E-state index contributed by atoms with van der Waals surface area (Å²) in [5, 5.41) is 12.3. The Kier molecular flexibility index (Phi) is 7.70. The van der Waals surface area contributed by atoms with E-state index in [2.05, 4.69) is 57.4 Å². The fourth-order valence-electron chi connectivity index (χ4n) is 3.69. The maximum Gasteiger partial charge on any atom is 0.191 e. The van der Waals surface area contributed by atoms with Gasteiger partial charge in [0.1, 0.15) is 0 Å². The lowest BCUT2D eigenvalue weighted by atomic mass is 9.88. The molecule has 154 valence electrons. The summed E-state index contributed by atoms with van der Waals surface area (Å²) in [4.78, 5) is 15.4. The van der Waals surface area contributed by atoms with Crippen molar-refractivity contribution in [3.8, 4) is 0 Å². The second kappa shape index (κ2) is 10.2. The predicted molar refractivity (Wildman–Crippen MR) is 122 cm³/mol. The van der Waals surface area contributed by atoms with Crippen molar-refractivity contribution in [3.63, 3.8) is 0 Å². The third-order valence-electron chi connectivity index (χ3n) is 5.04. The van der Waals surface area contributed by atoms with Crippen LogP contribution in [0, 0.1) is 5.92 Å². The number of aromatic nitrogens is 1. The molecule has 0 amide bonds. The van der Waals surface area contributed by atoms with Gasteiger partial charge in [0, 0.05) is 43.5 Å². The van der Waals surface area contributed by atoms with E-state index in [1.54, 1.807) is 11.3 Å². The topological polar surface area (TPSA) is 55.8 Å². The molecule has 0 aromatic carbocycles. The van der Waals surface area contributed by atoms with E-state index in [4.69, 9.17) is 4.99 Å². The van der Waals surface area contributed by atoms with Crippen molar-refractivity contribution in [2.45, 2.75) is 32.4 Å². The summed E-state index contributed by atoms with van der Waals surface area (Å²) in [6.45, 7) is 5.65. The molecule has 28 heavy (non-hydrogen) atoms. The number of hydrogen-bond donors (Lipinski definition) is 2. The Morgan fingerprint density at radius 1 is 1.36 bits per heavy atom. The Balaban J connectivity index is 1.62. The van der Waals surface area contributed by atoms with Crippen LogP contribution in [0.1, 0.15) is 36.4 Å². The molecule has 2 unspecified atom stereocenters. The molecular formula is C20H32N6S2. The van der Waals surface area contributed by atoms with E-state index in [0.717, 1.165) is 29.9 Å². The molecule has 2 atom stereocenters. The van der Waals surface area contributed by atoms with E-state index in [9.17, 15) is 0 Å². The average Bonchev–Trinajstić information content (AvgIpc) is 3.36. The van der Waals surface area contributed by atoms with Crippen molar-refractivity contribution in [1.82, 2.24) is 20.5 Å². The number of anilines is 1. The van der Waals surface area contributed by atoms with Crippen molar-refractivity contribution in [3.05, 3.63) is 33.5 Å². The molecular weight excluding hydrogens is 388 g/mol. The van der Waals surface area contributed by atoms with Crippen molar-refractivity contribution in [2.75, 3.05) is 45.7 Å². The van der Waals surface area contributed by atoms with E-state index in [0.29, 0.717) is 18.5 Å². The molecule has 2 aromatic heterocycles. The van der Waals surface area contributed by atoms with Gasteiger partial charge in [-0.15, -0.1) is 22.7 Å². The SMILES string of the molecule is CCNC(=NCc1csc(N(C)C)n1)NCC1CCCN(C)C1c1cccs1. The molecule has 0 radical (unpaired) electrons. The molecule has 1 aliphatic rings. The van der Waals surface area contributed by atoms with Gasteiger partial charge in [-0.3, -0.25) is 4.90 Å². The van der Waals surface area contributed by atoms with Gasteiger partial charge in [-0.2, -0.15) is 0 Å². The molecule has 0 bridgehead atoms. The fraction of sp³-hybridized carbons (Fsp3) is 0.600. The van der Waals surface area contributed by atoms with Crippen molar-refractivity contribution in [2.24, 2.45) is 10.9 Å². The maximum absolute atomic E-state index is 4.76. The third kappa shape index (κ3) is 5.46. The highest BCUT2D eigenvalue weighted by Gasteiger charge is 2.31.